The number of benzene rings is 3. The first-order valence-corrected chi connectivity index (χ1v) is 13.5. The molecule has 0 unspecified atom stereocenters. The Balaban J connectivity index is 1.20. The van der Waals surface area contributed by atoms with Gasteiger partial charge < -0.3 is 15.5 Å². The monoisotopic (exact) mass is 556 g/mol. The van der Waals surface area contributed by atoms with Crippen LogP contribution in [0.15, 0.2) is 83.9 Å². The zero-order valence-corrected chi connectivity index (χ0v) is 21.6. The van der Waals surface area contributed by atoms with Crippen LogP contribution in [-0.2, 0) is 10.0 Å². The van der Waals surface area contributed by atoms with Gasteiger partial charge in [-0.05, 0) is 72.8 Å². The topological polar surface area (TPSA) is 90.5 Å². The van der Waals surface area contributed by atoms with Crippen molar-refractivity contribution in [1.29, 1.82) is 0 Å². The Kier molecular flexibility index (Phi) is 7.41. The molecule has 1 saturated heterocycles. The number of anilines is 5. The van der Waals surface area contributed by atoms with Crippen LogP contribution >= 0.6 is 11.6 Å². The molecule has 0 saturated carbocycles. The van der Waals surface area contributed by atoms with Crippen LogP contribution in [0.25, 0.3) is 0 Å². The van der Waals surface area contributed by atoms with Crippen LogP contribution in [0.1, 0.15) is 0 Å². The molecule has 8 nitrogen and oxygen atoms in total. The van der Waals surface area contributed by atoms with Crippen LogP contribution in [0.4, 0.5) is 37.6 Å². The molecule has 0 atom stereocenters. The van der Waals surface area contributed by atoms with Crippen LogP contribution in [-0.4, -0.2) is 48.9 Å². The molecule has 4 aromatic rings. The second kappa shape index (κ2) is 10.9. The van der Waals surface area contributed by atoms with Gasteiger partial charge in [0, 0.05) is 43.2 Å². The van der Waals surface area contributed by atoms with Crippen molar-refractivity contribution in [2.24, 2.45) is 0 Å². The van der Waals surface area contributed by atoms with Gasteiger partial charge in [0.2, 0.25) is 16.0 Å². The lowest BCUT2D eigenvalue weighted by Gasteiger charge is -2.35. The highest BCUT2D eigenvalue weighted by Crippen LogP contribution is 2.27. The summed E-state index contributed by atoms with van der Waals surface area (Å²) in [5.74, 6) is -0.115. The summed E-state index contributed by atoms with van der Waals surface area (Å²) in [5.41, 5.74) is 2.33. The van der Waals surface area contributed by atoms with E-state index in [9.17, 15) is 17.2 Å². The maximum absolute atomic E-state index is 13.2. The zero-order valence-electron chi connectivity index (χ0n) is 20.0. The van der Waals surface area contributed by atoms with Crippen LogP contribution in [0.3, 0.4) is 0 Å². The molecule has 3 aromatic carbocycles. The summed E-state index contributed by atoms with van der Waals surface area (Å²) in [6, 6.07) is 18.3. The number of nitrogens with one attached hydrogen (secondary N) is 2. The Bertz CT molecular complexity index is 1510. The fourth-order valence-corrected chi connectivity index (χ4v) is 5.57. The summed E-state index contributed by atoms with van der Waals surface area (Å²) in [6.45, 7) is 1.68. The fraction of sp³-hybridized carbons (Fsp3) is 0.154. The maximum atomic E-state index is 13.2. The van der Waals surface area contributed by atoms with Crippen LogP contribution in [0, 0.1) is 11.6 Å². The smallest absolute Gasteiger partial charge is 0.243 e. The first-order valence-electron chi connectivity index (χ1n) is 11.7. The van der Waals surface area contributed by atoms with Crippen molar-refractivity contribution in [2.45, 2.75) is 4.90 Å². The van der Waals surface area contributed by atoms with E-state index in [0.29, 0.717) is 48.7 Å². The molecular weight excluding hydrogens is 534 g/mol. The first-order chi connectivity index (χ1) is 18.3. The van der Waals surface area contributed by atoms with E-state index in [1.165, 1.54) is 34.8 Å². The van der Waals surface area contributed by atoms with E-state index in [-0.39, 0.29) is 10.7 Å². The summed E-state index contributed by atoms with van der Waals surface area (Å²) >= 11 is 6.22. The summed E-state index contributed by atoms with van der Waals surface area (Å²) in [6.07, 6.45) is 1.47. The molecule has 2 N–H and O–H groups in total. The van der Waals surface area contributed by atoms with E-state index in [1.807, 2.05) is 24.3 Å². The van der Waals surface area contributed by atoms with Gasteiger partial charge >= 0.3 is 0 Å². The molecule has 0 radical (unpaired) electrons. The summed E-state index contributed by atoms with van der Waals surface area (Å²) in [4.78, 5) is 10.8. The molecule has 38 heavy (non-hydrogen) atoms. The Morgan fingerprint density at radius 1 is 0.763 bits per heavy atom. The molecule has 196 valence electrons. The molecule has 0 bridgehead atoms. The Morgan fingerprint density at radius 2 is 1.32 bits per heavy atom. The SMILES string of the molecule is O=S(=O)(c1ccc(F)cc1)N1CCN(c2ccc(Nc3ncc(Cl)c(Nc4ccc(F)cc4)n3)cc2)CC1. The van der Waals surface area contributed by atoms with Gasteiger partial charge in [0.1, 0.15) is 16.7 Å². The van der Waals surface area contributed by atoms with E-state index in [2.05, 4.69) is 25.5 Å². The molecule has 0 aliphatic carbocycles. The number of hydrogen-bond donors (Lipinski definition) is 2. The van der Waals surface area contributed by atoms with Crippen molar-refractivity contribution in [2.75, 3.05) is 41.7 Å². The summed E-state index contributed by atoms with van der Waals surface area (Å²) in [7, 11) is -3.67. The van der Waals surface area contributed by atoms with Gasteiger partial charge in [-0.25, -0.2) is 22.2 Å². The molecule has 0 spiro atoms. The van der Waals surface area contributed by atoms with Gasteiger partial charge in [-0.1, -0.05) is 11.6 Å². The second-order valence-electron chi connectivity index (χ2n) is 8.54. The number of sulfonamides is 1. The summed E-state index contributed by atoms with van der Waals surface area (Å²) < 4.78 is 53.5. The number of halogens is 3. The van der Waals surface area contributed by atoms with Crippen molar-refractivity contribution < 1.29 is 17.2 Å². The van der Waals surface area contributed by atoms with Crippen molar-refractivity contribution in [1.82, 2.24) is 14.3 Å². The van der Waals surface area contributed by atoms with Gasteiger partial charge in [-0.15, -0.1) is 0 Å². The molecule has 5 rings (SSSR count). The Labute approximate surface area is 224 Å². The standard InChI is InChI=1S/C26H23ClF2N6O2S/c27-24-17-30-26(33-25(24)31-20-5-1-18(28)2-6-20)32-21-7-9-22(10-8-21)34-13-15-35(16-14-34)38(36,37)23-11-3-19(29)4-12-23/h1-12,17H,13-16H2,(H2,30,31,32,33). The normalized spacial score (nSPS) is 14.3. The van der Waals surface area contributed by atoms with Crippen molar-refractivity contribution in [3.05, 3.63) is 95.7 Å². The predicted octanol–water partition coefficient (Wildman–Crippen LogP) is 5.41. The molecule has 2 heterocycles. The third-order valence-corrected chi connectivity index (χ3v) is 8.22. The molecule has 1 aliphatic heterocycles. The van der Waals surface area contributed by atoms with Gasteiger partial charge in [0.25, 0.3) is 0 Å². The van der Waals surface area contributed by atoms with E-state index in [1.54, 1.807) is 12.1 Å². The molecule has 0 amide bonds. The number of rotatable bonds is 7. The van der Waals surface area contributed by atoms with Crippen molar-refractivity contribution in [3.8, 4) is 0 Å². The molecule has 12 heteroatoms. The van der Waals surface area contributed by atoms with Gasteiger partial charge in [-0.2, -0.15) is 9.29 Å². The highest BCUT2D eigenvalue weighted by molar-refractivity contribution is 7.89. The fourth-order valence-electron chi connectivity index (χ4n) is 4.01. The lowest BCUT2D eigenvalue weighted by atomic mass is 10.2. The lowest BCUT2D eigenvalue weighted by molar-refractivity contribution is 0.385. The van der Waals surface area contributed by atoms with Gasteiger partial charge in [-0.3, -0.25) is 0 Å². The predicted molar refractivity (Wildman–Crippen MR) is 144 cm³/mol. The first kappa shape index (κ1) is 25.8. The maximum Gasteiger partial charge on any atom is 0.243 e. The van der Waals surface area contributed by atoms with E-state index < -0.39 is 15.8 Å². The number of nitrogens with zero attached hydrogens (tertiary/aromatic N) is 4. The minimum absolute atomic E-state index is 0.0863. The van der Waals surface area contributed by atoms with E-state index in [4.69, 9.17) is 11.6 Å². The Hall–Kier alpha value is -3.80. The third-order valence-electron chi connectivity index (χ3n) is 6.03. The number of aromatic nitrogens is 2. The molecule has 1 fully saturated rings. The van der Waals surface area contributed by atoms with Crippen LogP contribution in [0.2, 0.25) is 5.02 Å². The number of hydrogen-bond acceptors (Lipinski definition) is 7. The molecular formula is C26H23ClF2N6O2S. The summed E-state index contributed by atoms with van der Waals surface area (Å²) in [5, 5.41) is 6.49. The minimum atomic E-state index is -3.67. The van der Waals surface area contributed by atoms with Gasteiger partial charge in [0.15, 0.2) is 5.82 Å². The average Bonchev–Trinajstić information content (AvgIpc) is 2.92. The van der Waals surface area contributed by atoms with E-state index >= 15 is 0 Å². The average molecular weight is 557 g/mol. The minimum Gasteiger partial charge on any atom is -0.369 e. The highest BCUT2D eigenvalue weighted by Gasteiger charge is 2.28. The number of piperazine rings is 1. The second-order valence-corrected chi connectivity index (χ2v) is 10.9. The molecule has 1 aromatic heterocycles. The third kappa shape index (κ3) is 5.85. The van der Waals surface area contributed by atoms with Crippen molar-refractivity contribution >= 4 is 50.5 Å². The zero-order chi connectivity index (χ0) is 26.7. The van der Waals surface area contributed by atoms with E-state index in [0.717, 1.165) is 23.5 Å². The quantitative estimate of drug-likeness (QED) is 0.315. The Morgan fingerprint density at radius 3 is 1.95 bits per heavy atom. The lowest BCUT2D eigenvalue weighted by Crippen LogP contribution is -2.48. The largest absolute Gasteiger partial charge is 0.369 e. The molecule has 1 aliphatic rings. The van der Waals surface area contributed by atoms with Gasteiger partial charge in [0.05, 0.1) is 11.1 Å². The van der Waals surface area contributed by atoms with Crippen LogP contribution < -0.4 is 15.5 Å². The highest BCUT2D eigenvalue weighted by atomic mass is 35.5. The van der Waals surface area contributed by atoms with Crippen LogP contribution in [0.5, 0.6) is 0 Å². The van der Waals surface area contributed by atoms with Crippen molar-refractivity contribution in [3.63, 3.8) is 0 Å².